The molecule has 0 fully saturated rings. The lowest BCUT2D eigenvalue weighted by atomic mass is 10.1. The summed E-state index contributed by atoms with van der Waals surface area (Å²) < 4.78 is 14.5. The molecule has 0 unspecified atom stereocenters. The summed E-state index contributed by atoms with van der Waals surface area (Å²) in [7, 11) is 1.63. The molecule has 4 aromatic rings. The van der Waals surface area contributed by atoms with Gasteiger partial charge in [-0.15, -0.1) is 0 Å². The number of halogens is 2. The molecular weight excluding hydrogens is 473 g/mol. The molecule has 0 aliphatic rings. The largest absolute Gasteiger partial charge is 0.478 e. The third kappa shape index (κ3) is 5.53. The zero-order chi connectivity index (χ0) is 24.9. The summed E-state index contributed by atoms with van der Waals surface area (Å²) in [5, 5.41) is 15.1. The van der Waals surface area contributed by atoms with E-state index in [9.17, 15) is 14.0 Å². The zero-order valence-corrected chi connectivity index (χ0v) is 19.1. The summed E-state index contributed by atoms with van der Waals surface area (Å²) in [6.07, 6.45) is 1.04. The number of amides is 1. The molecule has 0 bridgehead atoms. The van der Waals surface area contributed by atoms with Crippen LogP contribution in [0.5, 0.6) is 0 Å². The van der Waals surface area contributed by atoms with E-state index >= 15 is 0 Å². The quantitative estimate of drug-likeness (QED) is 0.303. The number of nitrogens with zero attached hydrogens (tertiary/aromatic N) is 3. The van der Waals surface area contributed by atoms with E-state index in [0.717, 1.165) is 6.20 Å². The predicted octanol–water partition coefficient (Wildman–Crippen LogP) is 5.73. The number of anilines is 5. The summed E-state index contributed by atoms with van der Waals surface area (Å²) in [6, 6.07) is 19.5. The van der Waals surface area contributed by atoms with Crippen LogP contribution in [0.2, 0.25) is 5.02 Å². The Kier molecular flexibility index (Phi) is 6.88. The number of nitrogens with one attached hydrogen (secondary N) is 2. The third-order valence-electron chi connectivity index (χ3n) is 5.07. The molecular formula is C25H19ClFN5O3. The summed E-state index contributed by atoms with van der Waals surface area (Å²) in [4.78, 5) is 33.3. The van der Waals surface area contributed by atoms with Gasteiger partial charge in [-0.1, -0.05) is 23.7 Å². The van der Waals surface area contributed by atoms with Crippen molar-refractivity contribution in [2.45, 2.75) is 0 Å². The van der Waals surface area contributed by atoms with E-state index in [-0.39, 0.29) is 23.2 Å². The first-order valence-electron chi connectivity index (χ1n) is 10.3. The number of rotatable bonds is 7. The molecule has 1 aromatic heterocycles. The summed E-state index contributed by atoms with van der Waals surface area (Å²) in [5.74, 6) is -1.86. The van der Waals surface area contributed by atoms with Crippen LogP contribution >= 0.6 is 11.6 Å². The number of benzene rings is 3. The highest BCUT2D eigenvalue weighted by molar-refractivity contribution is 6.33. The van der Waals surface area contributed by atoms with Gasteiger partial charge in [-0.05, 0) is 60.7 Å². The normalized spacial score (nSPS) is 10.5. The minimum atomic E-state index is -1.04. The number of carboxylic acids is 1. The molecule has 3 aromatic carbocycles. The molecule has 0 saturated carbocycles. The Morgan fingerprint density at radius 1 is 0.971 bits per heavy atom. The van der Waals surface area contributed by atoms with E-state index in [2.05, 4.69) is 20.6 Å². The maximum absolute atomic E-state index is 14.5. The fraction of sp³-hybridized carbons (Fsp3) is 0.0400. The fourth-order valence-corrected chi connectivity index (χ4v) is 3.38. The van der Waals surface area contributed by atoms with Gasteiger partial charge < -0.3 is 20.6 Å². The van der Waals surface area contributed by atoms with Crippen LogP contribution in [0.3, 0.4) is 0 Å². The molecule has 0 saturated heterocycles. The van der Waals surface area contributed by atoms with Gasteiger partial charge in [0.2, 0.25) is 5.95 Å². The Hall–Kier alpha value is -4.50. The molecule has 1 heterocycles. The van der Waals surface area contributed by atoms with Crippen LogP contribution in [0.1, 0.15) is 20.7 Å². The van der Waals surface area contributed by atoms with Gasteiger partial charge in [-0.3, -0.25) is 4.79 Å². The van der Waals surface area contributed by atoms with E-state index in [4.69, 9.17) is 16.7 Å². The van der Waals surface area contributed by atoms with Gasteiger partial charge in [0, 0.05) is 24.0 Å². The highest BCUT2D eigenvalue weighted by Gasteiger charge is 2.15. The molecule has 35 heavy (non-hydrogen) atoms. The predicted molar refractivity (Wildman–Crippen MR) is 133 cm³/mol. The highest BCUT2D eigenvalue weighted by Crippen LogP contribution is 2.27. The van der Waals surface area contributed by atoms with E-state index in [1.165, 1.54) is 17.0 Å². The van der Waals surface area contributed by atoms with Gasteiger partial charge in [0.05, 0.1) is 22.5 Å². The van der Waals surface area contributed by atoms with Gasteiger partial charge in [0.25, 0.3) is 5.91 Å². The van der Waals surface area contributed by atoms with Gasteiger partial charge in [0.15, 0.2) is 11.6 Å². The Balaban J connectivity index is 1.49. The average molecular weight is 492 g/mol. The minimum absolute atomic E-state index is 0.0120. The van der Waals surface area contributed by atoms with Crippen molar-refractivity contribution < 1.29 is 19.1 Å². The lowest BCUT2D eigenvalue weighted by molar-refractivity contribution is 0.0696. The second-order valence-corrected chi connectivity index (χ2v) is 7.82. The Morgan fingerprint density at radius 2 is 1.63 bits per heavy atom. The molecule has 1 amide bonds. The number of carbonyl (C=O) groups excluding carboxylic acids is 1. The van der Waals surface area contributed by atoms with Crippen LogP contribution in [-0.2, 0) is 0 Å². The van der Waals surface area contributed by atoms with E-state index in [1.807, 2.05) is 0 Å². The first kappa shape index (κ1) is 23.7. The zero-order valence-electron chi connectivity index (χ0n) is 18.4. The Labute approximate surface area is 205 Å². The number of carboxylic acid groups (broad SMARTS) is 1. The molecule has 0 aliphatic carbocycles. The molecule has 0 radical (unpaired) electrons. The second kappa shape index (κ2) is 10.2. The second-order valence-electron chi connectivity index (χ2n) is 7.41. The number of carbonyl (C=O) groups is 2. The number of aromatic nitrogens is 2. The monoisotopic (exact) mass is 491 g/mol. The number of hydrogen-bond acceptors (Lipinski definition) is 6. The van der Waals surface area contributed by atoms with Crippen LogP contribution < -0.4 is 15.5 Å². The Morgan fingerprint density at radius 3 is 2.29 bits per heavy atom. The fourth-order valence-electron chi connectivity index (χ4n) is 3.19. The lowest BCUT2D eigenvalue weighted by Gasteiger charge is -2.20. The molecule has 0 atom stereocenters. The molecule has 8 nitrogen and oxygen atoms in total. The van der Waals surface area contributed by atoms with E-state index in [1.54, 1.807) is 67.7 Å². The van der Waals surface area contributed by atoms with Crippen LogP contribution in [0.4, 0.5) is 33.2 Å². The number of aromatic carboxylic acids is 1. The molecule has 0 aliphatic heterocycles. The van der Waals surface area contributed by atoms with E-state index < -0.39 is 11.8 Å². The van der Waals surface area contributed by atoms with Crippen molar-refractivity contribution in [1.29, 1.82) is 0 Å². The van der Waals surface area contributed by atoms with Gasteiger partial charge in [0.1, 0.15) is 0 Å². The summed E-state index contributed by atoms with van der Waals surface area (Å²) in [6.45, 7) is 0. The van der Waals surface area contributed by atoms with Crippen molar-refractivity contribution in [2.75, 3.05) is 22.6 Å². The SMILES string of the molecule is CN(c1ccc(C(=O)Nc2ccccc2Cl)cc1)c1nc(Nc2ccc(C(=O)O)cc2)ncc1F. The van der Waals surface area contributed by atoms with Crippen LogP contribution in [0, 0.1) is 5.82 Å². The molecule has 0 spiro atoms. The summed E-state index contributed by atoms with van der Waals surface area (Å²) >= 11 is 6.09. The standard InChI is InChI=1S/C25H19ClFN5O3/c1-32(18-12-8-15(9-13-18)23(33)30-21-5-3-2-4-19(21)26)22-20(27)14-28-25(31-22)29-17-10-6-16(7-11-17)24(34)35/h2-14H,1H3,(H,30,33)(H,34,35)(H,28,29,31). The smallest absolute Gasteiger partial charge is 0.335 e. The molecule has 4 rings (SSSR count). The van der Waals surface area contributed by atoms with Crippen molar-refractivity contribution in [3.8, 4) is 0 Å². The molecule has 176 valence electrons. The van der Waals surface area contributed by atoms with Crippen LogP contribution in [0.25, 0.3) is 0 Å². The molecule has 3 N–H and O–H groups in total. The van der Waals surface area contributed by atoms with Crippen LogP contribution in [-0.4, -0.2) is 34.0 Å². The molecule has 10 heteroatoms. The average Bonchev–Trinajstić information content (AvgIpc) is 2.86. The van der Waals surface area contributed by atoms with E-state index in [0.29, 0.717) is 27.6 Å². The van der Waals surface area contributed by atoms with Crippen molar-refractivity contribution in [3.05, 3.63) is 101 Å². The maximum atomic E-state index is 14.5. The van der Waals surface area contributed by atoms with Gasteiger partial charge in [-0.25, -0.2) is 14.2 Å². The third-order valence-corrected chi connectivity index (χ3v) is 5.40. The topological polar surface area (TPSA) is 107 Å². The Bertz CT molecular complexity index is 1380. The van der Waals surface area contributed by atoms with Gasteiger partial charge >= 0.3 is 5.97 Å². The van der Waals surface area contributed by atoms with Crippen molar-refractivity contribution in [3.63, 3.8) is 0 Å². The highest BCUT2D eigenvalue weighted by atomic mass is 35.5. The number of para-hydroxylation sites is 1. The van der Waals surface area contributed by atoms with Crippen molar-refractivity contribution in [1.82, 2.24) is 9.97 Å². The first-order valence-corrected chi connectivity index (χ1v) is 10.7. The first-order chi connectivity index (χ1) is 16.8. The van der Waals surface area contributed by atoms with Crippen molar-refractivity contribution in [2.24, 2.45) is 0 Å². The summed E-state index contributed by atoms with van der Waals surface area (Å²) in [5.41, 5.74) is 2.18. The van der Waals surface area contributed by atoms with Gasteiger partial charge in [-0.2, -0.15) is 4.98 Å². The number of hydrogen-bond donors (Lipinski definition) is 3. The van der Waals surface area contributed by atoms with Crippen molar-refractivity contribution >= 4 is 52.3 Å². The van der Waals surface area contributed by atoms with Crippen LogP contribution in [0.15, 0.2) is 79.0 Å². The lowest BCUT2D eigenvalue weighted by Crippen LogP contribution is -2.16. The maximum Gasteiger partial charge on any atom is 0.335 e. The minimum Gasteiger partial charge on any atom is -0.478 e.